The molecule has 6 atom stereocenters. The standard InChI is InChI=1S/C36H33Cl2N3O9/c1-49-20-7-4-18(5-8-20)36-25(33(46)41(35(36)48)39-27-12-6-19(37)15-26(27)38)16-24-22(31(36)28-13-9-21(17-42)50-28)10-11-23-30(24)34(47)40(32(23)45)14-2-3-29(43)44/h4-10,12-13,15,23-25,30-31,39,42H,2-3,11,14,16-17H2,1H3,(H,43,44). The number of ether oxygens (including phenoxy) is 1. The summed E-state index contributed by atoms with van der Waals surface area (Å²) in [6, 6.07) is 14.7. The number of methoxy groups -OCH3 is 1. The number of allylic oxidation sites excluding steroid dienone is 2. The van der Waals surface area contributed by atoms with Crippen molar-refractivity contribution in [3.05, 3.63) is 93.4 Å². The summed E-state index contributed by atoms with van der Waals surface area (Å²) in [5, 5.41) is 20.6. The van der Waals surface area contributed by atoms with Gasteiger partial charge in [0.15, 0.2) is 0 Å². The molecule has 0 spiro atoms. The number of hydrazine groups is 1. The van der Waals surface area contributed by atoms with Gasteiger partial charge in [-0.25, -0.2) is 0 Å². The molecule has 260 valence electrons. The first-order valence-electron chi connectivity index (χ1n) is 16.2. The molecule has 12 nitrogen and oxygen atoms in total. The molecular formula is C36H33Cl2N3O9. The van der Waals surface area contributed by atoms with Crippen LogP contribution >= 0.6 is 23.2 Å². The number of nitrogens with one attached hydrogen (secondary N) is 1. The van der Waals surface area contributed by atoms with Crippen LogP contribution in [0.2, 0.25) is 10.0 Å². The molecule has 4 aliphatic rings. The van der Waals surface area contributed by atoms with E-state index in [1.54, 1.807) is 48.5 Å². The SMILES string of the molecule is COc1ccc(C23C(=O)N(Nc4ccc(Cl)cc4Cl)C(=O)C2CC2C(=CCC4C(=O)N(CCCC(=O)O)C(=O)C42)C3c2ccc(CO)o2)cc1. The zero-order valence-electron chi connectivity index (χ0n) is 26.8. The summed E-state index contributed by atoms with van der Waals surface area (Å²) in [5.74, 6) is -6.01. The molecular weight excluding hydrogens is 689 g/mol. The Labute approximate surface area is 296 Å². The predicted molar refractivity (Wildman–Crippen MR) is 179 cm³/mol. The van der Waals surface area contributed by atoms with Gasteiger partial charge in [-0.15, -0.1) is 0 Å². The number of hydrogen-bond donors (Lipinski definition) is 3. The van der Waals surface area contributed by atoms with E-state index in [4.69, 9.17) is 37.5 Å². The average Bonchev–Trinajstić information content (AvgIpc) is 3.74. The molecule has 3 N–H and O–H groups in total. The number of imide groups is 2. The largest absolute Gasteiger partial charge is 0.497 e. The van der Waals surface area contributed by atoms with Crippen LogP contribution in [0.1, 0.15) is 48.7 Å². The Morgan fingerprint density at radius 3 is 2.44 bits per heavy atom. The van der Waals surface area contributed by atoms with E-state index < -0.39 is 65.3 Å². The van der Waals surface area contributed by atoms with Crippen molar-refractivity contribution in [1.29, 1.82) is 0 Å². The van der Waals surface area contributed by atoms with Gasteiger partial charge in [-0.2, -0.15) is 5.01 Å². The van der Waals surface area contributed by atoms with E-state index in [-0.39, 0.29) is 54.6 Å². The highest BCUT2D eigenvalue weighted by molar-refractivity contribution is 6.36. The van der Waals surface area contributed by atoms with Crippen LogP contribution in [0.25, 0.3) is 0 Å². The number of aliphatic hydroxyl groups is 1. The maximum Gasteiger partial charge on any atom is 0.303 e. The van der Waals surface area contributed by atoms with Crippen LogP contribution in [0.5, 0.6) is 5.75 Å². The second-order valence-corrected chi connectivity index (χ2v) is 13.8. The van der Waals surface area contributed by atoms with Crippen molar-refractivity contribution in [2.24, 2.45) is 23.7 Å². The Balaban J connectivity index is 1.39. The van der Waals surface area contributed by atoms with E-state index in [0.717, 1.165) is 9.91 Å². The van der Waals surface area contributed by atoms with E-state index in [1.807, 2.05) is 6.08 Å². The van der Waals surface area contributed by atoms with Crippen LogP contribution in [-0.4, -0.2) is 63.4 Å². The van der Waals surface area contributed by atoms with Crippen LogP contribution < -0.4 is 10.2 Å². The Bertz CT molecular complexity index is 1940. The first kappa shape index (κ1) is 33.8. The Hall–Kier alpha value is -4.65. The number of carbonyl (C=O) groups is 5. The van der Waals surface area contributed by atoms with Gasteiger partial charge in [0.1, 0.15) is 29.3 Å². The molecule has 3 aromatic rings. The number of benzene rings is 2. The van der Waals surface area contributed by atoms with Gasteiger partial charge < -0.3 is 19.4 Å². The number of aliphatic hydroxyl groups excluding tert-OH is 1. The molecule has 2 aliphatic carbocycles. The van der Waals surface area contributed by atoms with Crippen molar-refractivity contribution in [1.82, 2.24) is 9.91 Å². The minimum Gasteiger partial charge on any atom is -0.497 e. The monoisotopic (exact) mass is 721 g/mol. The first-order chi connectivity index (χ1) is 24.0. The molecule has 0 bridgehead atoms. The van der Waals surface area contributed by atoms with Crippen molar-refractivity contribution in [2.45, 2.75) is 43.6 Å². The Morgan fingerprint density at radius 1 is 1.02 bits per heavy atom. The lowest BCUT2D eigenvalue weighted by Gasteiger charge is -2.49. The van der Waals surface area contributed by atoms with Crippen molar-refractivity contribution in [3.63, 3.8) is 0 Å². The molecule has 6 unspecified atom stereocenters. The molecule has 2 saturated heterocycles. The fourth-order valence-corrected chi connectivity index (χ4v) is 8.91. The number of aliphatic carboxylic acids is 1. The van der Waals surface area contributed by atoms with E-state index in [1.165, 1.54) is 13.2 Å². The fraction of sp³-hybridized carbons (Fsp3) is 0.361. The van der Waals surface area contributed by atoms with Crippen molar-refractivity contribution < 1.29 is 43.3 Å². The van der Waals surface area contributed by atoms with Gasteiger partial charge >= 0.3 is 5.97 Å². The highest BCUT2D eigenvalue weighted by Crippen LogP contribution is 2.64. The number of halogens is 2. The summed E-state index contributed by atoms with van der Waals surface area (Å²) in [4.78, 5) is 69.8. The third-order valence-corrected chi connectivity index (χ3v) is 11.1. The Kier molecular flexibility index (Phi) is 8.73. The minimum atomic E-state index is -1.60. The number of rotatable bonds is 10. The first-order valence-corrected chi connectivity index (χ1v) is 17.0. The normalized spacial score (nSPS) is 27.2. The topological polar surface area (TPSA) is 167 Å². The maximum atomic E-state index is 15.2. The van der Waals surface area contributed by atoms with E-state index in [9.17, 15) is 24.3 Å². The van der Waals surface area contributed by atoms with Crippen molar-refractivity contribution in [2.75, 3.05) is 19.1 Å². The van der Waals surface area contributed by atoms with E-state index in [0.29, 0.717) is 27.7 Å². The summed E-state index contributed by atoms with van der Waals surface area (Å²) >= 11 is 12.6. The summed E-state index contributed by atoms with van der Waals surface area (Å²) in [6.45, 7) is -0.441. The highest BCUT2D eigenvalue weighted by Gasteiger charge is 2.71. The van der Waals surface area contributed by atoms with Gasteiger partial charge in [-0.05, 0) is 73.2 Å². The highest BCUT2D eigenvalue weighted by atomic mass is 35.5. The van der Waals surface area contributed by atoms with E-state index in [2.05, 4.69) is 5.43 Å². The molecule has 4 amide bonds. The number of fused-ring (bicyclic) bond motifs is 4. The Morgan fingerprint density at radius 2 is 1.78 bits per heavy atom. The zero-order valence-corrected chi connectivity index (χ0v) is 28.3. The average molecular weight is 723 g/mol. The molecule has 3 fully saturated rings. The quantitative estimate of drug-likeness (QED) is 0.193. The molecule has 1 aromatic heterocycles. The summed E-state index contributed by atoms with van der Waals surface area (Å²) in [7, 11) is 1.52. The third kappa shape index (κ3) is 5.19. The van der Waals surface area contributed by atoms with Crippen molar-refractivity contribution >= 4 is 58.5 Å². The maximum absolute atomic E-state index is 15.2. The number of nitrogens with zero attached hydrogens (tertiary/aromatic N) is 2. The zero-order chi connectivity index (χ0) is 35.5. The minimum absolute atomic E-state index is 0.0311. The lowest BCUT2D eigenvalue weighted by atomic mass is 9.50. The van der Waals surface area contributed by atoms with Gasteiger partial charge in [-0.1, -0.05) is 47.0 Å². The van der Waals surface area contributed by atoms with Crippen LogP contribution in [0.4, 0.5) is 5.69 Å². The van der Waals surface area contributed by atoms with Crippen LogP contribution in [0.3, 0.4) is 0 Å². The lowest BCUT2D eigenvalue weighted by Crippen LogP contribution is -2.53. The number of hydrogen-bond acceptors (Lipinski definition) is 9. The van der Waals surface area contributed by atoms with E-state index >= 15 is 4.79 Å². The van der Waals surface area contributed by atoms with Crippen molar-refractivity contribution in [3.8, 4) is 5.75 Å². The number of furan rings is 1. The lowest BCUT2D eigenvalue weighted by molar-refractivity contribution is -0.142. The third-order valence-electron chi connectivity index (χ3n) is 10.6. The van der Waals surface area contributed by atoms with Gasteiger partial charge in [-0.3, -0.25) is 34.3 Å². The second-order valence-electron chi connectivity index (χ2n) is 13.0. The van der Waals surface area contributed by atoms with Crippen LogP contribution in [0.15, 0.2) is 70.7 Å². The predicted octanol–water partition coefficient (Wildman–Crippen LogP) is 4.94. The number of carboxylic acid groups (broad SMARTS) is 1. The van der Waals surface area contributed by atoms with Gasteiger partial charge in [0, 0.05) is 18.0 Å². The number of amides is 4. The number of anilines is 1. The molecule has 3 heterocycles. The summed E-state index contributed by atoms with van der Waals surface area (Å²) in [5.41, 5.74) is 2.79. The smallest absolute Gasteiger partial charge is 0.303 e. The number of carbonyl (C=O) groups excluding carboxylic acids is 4. The molecule has 1 saturated carbocycles. The molecule has 2 aliphatic heterocycles. The fourth-order valence-electron chi connectivity index (χ4n) is 8.46. The molecule has 50 heavy (non-hydrogen) atoms. The summed E-state index contributed by atoms with van der Waals surface area (Å²) in [6.07, 6.45) is 2.06. The van der Waals surface area contributed by atoms with Gasteiger partial charge in [0.05, 0.1) is 41.5 Å². The van der Waals surface area contributed by atoms with Gasteiger partial charge in [0.2, 0.25) is 11.8 Å². The number of carboxylic acids is 1. The molecule has 2 aromatic carbocycles. The van der Waals surface area contributed by atoms with Gasteiger partial charge in [0.25, 0.3) is 11.8 Å². The molecule has 0 radical (unpaired) electrons. The molecule has 7 rings (SSSR count). The molecule has 14 heteroatoms. The van der Waals surface area contributed by atoms with Crippen LogP contribution in [-0.2, 0) is 36.0 Å². The number of likely N-dealkylation sites (tertiary alicyclic amines) is 1. The summed E-state index contributed by atoms with van der Waals surface area (Å²) < 4.78 is 11.6. The second kappa shape index (κ2) is 12.9. The van der Waals surface area contributed by atoms with Crippen LogP contribution in [0, 0.1) is 23.7 Å².